The number of carbonyl (C=O) groups excluding carboxylic acids is 1. The third-order valence-electron chi connectivity index (χ3n) is 6.22. The number of halogens is 1. The largest absolute Gasteiger partial charge is 0.383 e. The van der Waals surface area contributed by atoms with Gasteiger partial charge < -0.3 is 20.1 Å². The molecule has 0 aliphatic carbocycles. The maximum absolute atomic E-state index is 13.3. The zero-order valence-corrected chi connectivity index (χ0v) is 21.6. The van der Waals surface area contributed by atoms with Gasteiger partial charge in [0.25, 0.3) is 5.91 Å². The van der Waals surface area contributed by atoms with E-state index < -0.39 is 0 Å². The summed E-state index contributed by atoms with van der Waals surface area (Å²) in [5, 5.41) is 24.0. The van der Waals surface area contributed by atoms with Crippen LogP contribution in [0.25, 0.3) is 16.9 Å². The summed E-state index contributed by atoms with van der Waals surface area (Å²) in [6.07, 6.45) is 3.19. The highest BCUT2D eigenvalue weighted by Gasteiger charge is 2.30. The molecule has 0 radical (unpaired) electrons. The third kappa shape index (κ3) is 5.27. The molecule has 0 bridgehead atoms. The molecule has 0 atom stereocenters. The molecule has 1 saturated heterocycles. The normalized spacial score (nSPS) is 14.2. The molecule has 1 amide bonds. The molecule has 4 heterocycles. The molecule has 1 fully saturated rings. The number of hydrogen-bond acceptors (Lipinski definition) is 9. The second-order valence-corrected chi connectivity index (χ2v) is 9.27. The first-order valence-electron chi connectivity index (χ1n) is 11.8. The number of pyridine rings is 1. The van der Waals surface area contributed by atoms with E-state index in [-0.39, 0.29) is 11.9 Å². The van der Waals surface area contributed by atoms with E-state index in [4.69, 9.17) is 21.1 Å². The highest BCUT2D eigenvalue weighted by molar-refractivity contribution is 6.33. The zero-order valence-electron chi connectivity index (χ0n) is 20.8. The number of tetrazole rings is 1. The number of benzene rings is 1. The Morgan fingerprint density at radius 2 is 2.03 bits per heavy atom. The monoisotopic (exact) mass is 525 g/mol. The van der Waals surface area contributed by atoms with Crippen LogP contribution in [0.4, 0.5) is 11.4 Å². The predicted octanol–water partition coefficient (Wildman–Crippen LogP) is 2.72. The maximum atomic E-state index is 13.3. The van der Waals surface area contributed by atoms with Crippen LogP contribution in [0.5, 0.6) is 0 Å². The first-order valence-corrected chi connectivity index (χ1v) is 12.2. The van der Waals surface area contributed by atoms with Gasteiger partial charge in [0, 0.05) is 51.3 Å². The van der Waals surface area contributed by atoms with Gasteiger partial charge in [0.15, 0.2) is 0 Å². The molecule has 3 aromatic heterocycles. The van der Waals surface area contributed by atoms with E-state index in [0.717, 1.165) is 24.2 Å². The van der Waals surface area contributed by atoms with Crippen molar-refractivity contribution in [2.75, 3.05) is 57.8 Å². The molecule has 12 nitrogen and oxygen atoms in total. The average molecular weight is 526 g/mol. The van der Waals surface area contributed by atoms with Crippen LogP contribution in [0.1, 0.15) is 22.0 Å². The smallest absolute Gasteiger partial charge is 0.259 e. The van der Waals surface area contributed by atoms with Crippen LogP contribution in [0.15, 0.2) is 36.7 Å². The van der Waals surface area contributed by atoms with E-state index in [1.165, 1.54) is 6.20 Å². The van der Waals surface area contributed by atoms with Crippen LogP contribution >= 0.6 is 11.6 Å². The van der Waals surface area contributed by atoms with Gasteiger partial charge in [-0.15, -0.1) is 10.2 Å². The standard InChI is InChI=1S/C24H28ClN9O3/c1-15-4-5-16(23-29-31-34(30-23)17-11-32(12-17)14-37-3)8-20(15)28-24(35)18-10-27-33-13-19(25)21(9-22(18)33)26-6-7-36-2/h4-5,8-10,13,17,26H,6-7,11-12,14H2,1-3H3,(H,28,35). The molecule has 0 unspecified atom stereocenters. The number of hydrogen-bond donors (Lipinski definition) is 2. The summed E-state index contributed by atoms with van der Waals surface area (Å²) in [4.78, 5) is 17.1. The number of aryl methyl sites for hydroxylation is 1. The quantitative estimate of drug-likeness (QED) is 0.301. The van der Waals surface area contributed by atoms with Gasteiger partial charge in [0.05, 0.1) is 47.4 Å². The van der Waals surface area contributed by atoms with E-state index in [2.05, 4.69) is 36.0 Å². The number of amides is 1. The number of carbonyl (C=O) groups is 1. The molecule has 4 aromatic rings. The number of anilines is 2. The van der Waals surface area contributed by atoms with Crippen molar-refractivity contribution in [3.05, 3.63) is 52.8 Å². The van der Waals surface area contributed by atoms with Gasteiger partial charge in [-0.3, -0.25) is 9.69 Å². The van der Waals surface area contributed by atoms with Crippen molar-refractivity contribution in [2.24, 2.45) is 0 Å². The number of aromatic nitrogens is 6. The zero-order chi connectivity index (χ0) is 25.9. The second-order valence-electron chi connectivity index (χ2n) is 8.87. The van der Waals surface area contributed by atoms with Crippen molar-refractivity contribution in [2.45, 2.75) is 13.0 Å². The fourth-order valence-electron chi connectivity index (χ4n) is 4.16. The minimum absolute atomic E-state index is 0.166. The van der Waals surface area contributed by atoms with Crippen LogP contribution in [0, 0.1) is 6.92 Å². The molecule has 1 aliphatic rings. The van der Waals surface area contributed by atoms with Gasteiger partial charge in [0.2, 0.25) is 5.82 Å². The predicted molar refractivity (Wildman–Crippen MR) is 139 cm³/mol. The number of fused-ring (bicyclic) bond motifs is 1. The van der Waals surface area contributed by atoms with Gasteiger partial charge in [-0.1, -0.05) is 23.7 Å². The number of nitrogens with one attached hydrogen (secondary N) is 2. The molecule has 1 aliphatic heterocycles. The summed E-state index contributed by atoms with van der Waals surface area (Å²) < 4.78 is 11.8. The minimum atomic E-state index is -0.287. The number of rotatable bonds is 10. The van der Waals surface area contributed by atoms with Crippen LogP contribution in [-0.2, 0) is 9.47 Å². The molecule has 5 rings (SSSR count). The van der Waals surface area contributed by atoms with Crippen molar-refractivity contribution < 1.29 is 14.3 Å². The number of nitrogens with zero attached hydrogens (tertiary/aromatic N) is 7. The van der Waals surface area contributed by atoms with Crippen molar-refractivity contribution in [3.8, 4) is 11.4 Å². The Morgan fingerprint density at radius 3 is 2.81 bits per heavy atom. The van der Waals surface area contributed by atoms with Gasteiger partial charge in [-0.2, -0.15) is 9.90 Å². The SMILES string of the molecule is COCCNc1cc2c(C(=O)Nc3cc(-c4nnn(C5CN(COC)C5)n4)ccc3C)cnn2cc1Cl. The molecule has 37 heavy (non-hydrogen) atoms. The summed E-state index contributed by atoms with van der Waals surface area (Å²) in [7, 11) is 3.31. The van der Waals surface area contributed by atoms with Crippen LogP contribution in [0.3, 0.4) is 0 Å². The van der Waals surface area contributed by atoms with Crippen LogP contribution < -0.4 is 10.6 Å². The minimum Gasteiger partial charge on any atom is -0.383 e. The van der Waals surface area contributed by atoms with Crippen molar-refractivity contribution in [3.63, 3.8) is 0 Å². The third-order valence-corrected chi connectivity index (χ3v) is 6.52. The summed E-state index contributed by atoms with van der Waals surface area (Å²) in [5.74, 6) is 0.211. The Balaban J connectivity index is 1.33. The van der Waals surface area contributed by atoms with Crippen molar-refractivity contribution in [1.82, 2.24) is 34.7 Å². The lowest BCUT2D eigenvalue weighted by Gasteiger charge is -2.36. The van der Waals surface area contributed by atoms with Gasteiger partial charge in [-0.05, 0) is 29.8 Å². The summed E-state index contributed by atoms with van der Waals surface area (Å²) in [5.41, 5.74) is 4.07. The first kappa shape index (κ1) is 25.1. The Kier molecular flexibility index (Phi) is 7.33. The maximum Gasteiger partial charge on any atom is 0.259 e. The highest BCUT2D eigenvalue weighted by Crippen LogP contribution is 2.28. The van der Waals surface area contributed by atoms with Gasteiger partial charge >= 0.3 is 0 Å². The lowest BCUT2D eigenvalue weighted by atomic mass is 10.1. The lowest BCUT2D eigenvalue weighted by molar-refractivity contribution is -0.0137. The highest BCUT2D eigenvalue weighted by atomic mass is 35.5. The Labute approximate surface area is 218 Å². The Hall–Kier alpha value is -3.58. The lowest BCUT2D eigenvalue weighted by Crippen LogP contribution is -2.49. The van der Waals surface area contributed by atoms with E-state index in [1.807, 2.05) is 25.1 Å². The summed E-state index contributed by atoms with van der Waals surface area (Å²) in [6, 6.07) is 7.66. The molecule has 0 spiro atoms. The number of methoxy groups -OCH3 is 2. The summed E-state index contributed by atoms with van der Waals surface area (Å²) >= 11 is 6.36. The van der Waals surface area contributed by atoms with E-state index in [0.29, 0.717) is 53.2 Å². The van der Waals surface area contributed by atoms with Crippen LogP contribution in [0.2, 0.25) is 5.02 Å². The van der Waals surface area contributed by atoms with E-state index >= 15 is 0 Å². The van der Waals surface area contributed by atoms with E-state index in [1.54, 1.807) is 35.8 Å². The molecule has 13 heteroatoms. The fraction of sp³-hybridized carbons (Fsp3) is 0.375. The second kappa shape index (κ2) is 10.8. The topological polar surface area (TPSA) is 124 Å². The molecular formula is C24H28ClN9O3. The average Bonchev–Trinajstić information content (AvgIpc) is 3.50. The van der Waals surface area contributed by atoms with Crippen LogP contribution in [-0.4, -0.2) is 87.8 Å². The van der Waals surface area contributed by atoms with Gasteiger partial charge in [-0.25, -0.2) is 4.52 Å². The molecule has 0 saturated carbocycles. The van der Waals surface area contributed by atoms with Crippen molar-refractivity contribution in [1.29, 1.82) is 0 Å². The molecule has 194 valence electrons. The summed E-state index contributed by atoms with van der Waals surface area (Å²) in [6.45, 7) is 5.25. The van der Waals surface area contributed by atoms with E-state index in [9.17, 15) is 4.79 Å². The Bertz CT molecular complexity index is 1410. The molecule has 1 aromatic carbocycles. The molecular weight excluding hydrogens is 498 g/mol. The van der Waals surface area contributed by atoms with Crippen molar-refractivity contribution >= 4 is 34.4 Å². The molecule has 2 N–H and O–H groups in total. The fourth-order valence-corrected chi connectivity index (χ4v) is 4.37. The van der Waals surface area contributed by atoms with Gasteiger partial charge in [0.1, 0.15) is 0 Å². The Morgan fingerprint density at radius 1 is 1.19 bits per heavy atom. The number of likely N-dealkylation sites (tertiary alicyclic amines) is 1. The first-order chi connectivity index (χ1) is 18.0. The number of ether oxygens (including phenoxy) is 2.